The van der Waals surface area contributed by atoms with E-state index in [1.165, 1.54) is 16.8 Å². The van der Waals surface area contributed by atoms with Crippen molar-refractivity contribution in [3.63, 3.8) is 0 Å². The predicted octanol–water partition coefficient (Wildman–Crippen LogP) is 2.97. The molecule has 4 rings (SSSR count). The van der Waals surface area contributed by atoms with Crippen LogP contribution in [0.4, 0.5) is 0 Å². The summed E-state index contributed by atoms with van der Waals surface area (Å²) in [6.45, 7) is 7.16. The molecule has 1 spiro atoms. The number of nitrogens with zero attached hydrogens (tertiary/aromatic N) is 3. The molecule has 3 heterocycles. The number of benzene rings is 1. The molecule has 2 aliphatic rings. The summed E-state index contributed by atoms with van der Waals surface area (Å²) in [6, 6.07) is 10.8. The van der Waals surface area contributed by atoms with Crippen molar-refractivity contribution in [1.29, 1.82) is 0 Å². The number of hydrogen-bond donors (Lipinski definition) is 0. The Morgan fingerprint density at radius 3 is 2.70 bits per heavy atom. The van der Waals surface area contributed by atoms with Crippen molar-refractivity contribution in [1.82, 2.24) is 14.7 Å². The second kappa shape index (κ2) is 6.10. The zero-order valence-corrected chi connectivity index (χ0v) is 13.9. The molecule has 1 aromatic carbocycles. The highest BCUT2D eigenvalue weighted by Gasteiger charge is 2.42. The molecule has 0 amide bonds. The average Bonchev–Trinajstić information content (AvgIpc) is 3.03. The Kier molecular flexibility index (Phi) is 3.95. The molecule has 1 saturated heterocycles. The van der Waals surface area contributed by atoms with Gasteiger partial charge in [0, 0.05) is 43.9 Å². The van der Waals surface area contributed by atoms with E-state index < -0.39 is 0 Å². The minimum absolute atomic E-state index is 0.0891. The van der Waals surface area contributed by atoms with Crippen LogP contribution in [0.25, 0.3) is 0 Å². The third-order valence-electron chi connectivity index (χ3n) is 5.37. The van der Waals surface area contributed by atoms with E-state index in [1.807, 2.05) is 0 Å². The maximum Gasteiger partial charge on any atom is 0.0988 e. The lowest BCUT2D eigenvalue weighted by molar-refractivity contribution is -0.0995. The van der Waals surface area contributed by atoms with Gasteiger partial charge in [-0.3, -0.25) is 9.58 Å². The highest BCUT2D eigenvalue weighted by atomic mass is 16.5. The number of likely N-dealkylation sites (tertiary alicyclic amines) is 1. The van der Waals surface area contributed by atoms with E-state index in [0.717, 1.165) is 52.0 Å². The Balaban J connectivity index is 1.48. The minimum Gasteiger partial charge on any atom is -0.370 e. The maximum atomic E-state index is 6.31. The van der Waals surface area contributed by atoms with Crippen molar-refractivity contribution >= 4 is 0 Å². The van der Waals surface area contributed by atoms with Gasteiger partial charge in [0.05, 0.1) is 18.4 Å². The molecule has 1 fully saturated rings. The van der Waals surface area contributed by atoms with Crippen molar-refractivity contribution in [3.8, 4) is 0 Å². The van der Waals surface area contributed by atoms with Crippen LogP contribution in [0.3, 0.4) is 0 Å². The van der Waals surface area contributed by atoms with E-state index in [2.05, 4.69) is 58.1 Å². The van der Waals surface area contributed by atoms with Gasteiger partial charge in [0.1, 0.15) is 0 Å². The number of fused-ring (bicyclic) bond motifs is 2. The van der Waals surface area contributed by atoms with E-state index in [-0.39, 0.29) is 5.60 Å². The lowest BCUT2D eigenvalue weighted by Crippen LogP contribution is -2.46. The SMILES string of the molecule is CCn1ncc2c1CCOC21CCN(Cc2ccccc2)CC1. The van der Waals surface area contributed by atoms with E-state index in [4.69, 9.17) is 4.74 Å². The summed E-state index contributed by atoms with van der Waals surface area (Å²) in [6.07, 6.45) is 5.20. The quantitative estimate of drug-likeness (QED) is 0.873. The van der Waals surface area contributed by atoms with Crippen LogP contribution >= 0.6 is 0 Å². The van der Waals surface area contributed by atoms with Gasteiger partial charge in [-0.2, -0.15) is 5.10 Å². The highest BCUT2D eigenvalue weighted by molar-refractivity contribution is 5.29. The standard InChI is InChI=1S/C19H25N3O/c1-2-22-18-8-13-23-19(17(18)14-20-22)9-11-21(12-10-19)15-16-6-4-3-5-7-16/h3-7,14H,2,8-13,15H2,1H3. The molecule has 0 atom stereocenters. The van der Waals surface area contributed by atoms with Gasteiger partial charge in [-0.05, 0) is 25.3 Å². The maximum absolute atomic E-state index is 6.31. The van der Waals surface area contributed by atoms with Crippen molar-refractivity contribution in [2.45, 2.75) is 44.9 Å². The Hall–Kier alpha value is -1.65. The first-order valence-corrected chi connectivity index (χ1v) is 8.76. The zero-order valence-electron chi connectivity index (χ0n) is 13.9. The van der Waals surface area contributed by atoms with Crippen LogP contribution in [0.15, 0.2) is 36.5 Å². The van der Waals surface area contributed by atoms with Crippen LogP contribution in [-0.4, -0.2) is 34.4 Å². The smallest absolute Gasteiger partial charge is 0.0988 e. The normalized spacial score (nSPS) is 20.6. The molecule has 122 valence electrons. The molecule has 0 aliphatic carbocycles. The molecule has 2 aliphatic heterocycles. The number of aromatic nitrogens is 2. The third-order valence-corrected chi connectivity index (χ3v) is 5.37. The van der Waals surface area contributed by atoms with Crippen LogP contribution in [0.5, 0.6) is 0 Å². The summed E-state index contributed by atoms with van der Waals surface area (Å²) in [4.78, 5) is 2.54. The van der Waals surface area contributed by atoms with E-state index in [1.54, 1.807) is 0 Å². The first-order chi connectivity index (χ1) is 11.3. The van der Waals surface area contributed by atoms with Gasteiger partial charge in [0.2, 0.25) is 0 Å². The minimum atomic E-state index is -0.0891. The zero-order chi connectivity index (χ0) is 15.7. The summed E-state index contributed by atoms with van der Waals surface area (Å²) in [7, 11) is 0. The monoisotopic (exact) mass is 311 g/mol. The molecule has 0 saturated carbocycles. The molecule has 1 aromatic heterocycles. The van der Waals surface area contributed by atoms with E-state index >= 15 is 0 Å². The third kappa shape index (κ3) is 2.70. The number of rotatable bonds is 3. The van der Waals surface area contributed by atoms with Crippen LogP contribution in [0, 0.1) is 0 Å². The van der Waals surface area contributed by atoms with Crippen molar-refractivity contribution in [2.24, 2.45) is 0 Å². The lowest BCUT2D eigenvalue weighted by Gasteiger charge is -2.44. The summed E-state index contributed by atoms with van der Waals surface area (Å²) in [5, 5.41) is 4.58. The van der Waals surface area contributed by atoms with Crippen LogP contribution in [-0.2, 0) is 29.8 Å². The summed E-state index contributed by atoms with van der Waals surface area (Å²) >= 11 is 0. The number of ether oxygens (including phenoxy) is 1. The predicted molar refractivity (Wildman–Crippen MR) is 90.2 cm³/mol. The van der Waals surface area contributed by atoms with Gasteiger partial charge < -0.3 is 4.74 Å². The number of hydrogen-bond acceptors (Lipinski definition) is 3. The van der Waals surface area contributed by atoms with Crippen LogP contribution < -0.4 is 0 Å². The van der Waals surface area contributed by atoms with Gasteiger partial charge in [-0.1, -0.05) is 30.3 Å². The fourth-order valence-electron chi connectivity index (χ4n) is 4.08. The molecular weight excluding hydrogens is 286 g/mol. The second-order valence-electron chi connectivity index (χ2n) is 6.68. The van der Waals surface area contributed by atoms with E-state index in [9.17, 15) is 0 Å². The Morgan fingerprint density at radius 1 is 1.17 bits per heavy atom. The first kappa shape index (κ1) is 14.9. The fourth-order valence-corrected chi connectivity index (χ4v) is 4.08. The van der Waals surface area contributed by atoms with Gasteiger partial charge in [-0.25, -0.2) is 0 Å². The fraction of sp³-hybridized carbons (Fsp3) is 0.526. The first-order valence-electron chi connectivity index (χ1n) is 8.76. The molecular formula is C19H25N3O. The molecule has 4 nitrogen and oxygen atoms in total. The molecule has 4 heteroatoms. The summed E-state index contributed by atoms with van der Waals surface area (Å²) < 4.78 is 8.46. The molecule has 0 bridgehead atoms. The van der Waals surface area contributed by atoms with E-state index in [0.29, 0.717) is 0 Å². The molecule has 23 heavy (non-hydrogen) atoms. The molecule has 0 unspecified atom stereocenters. The van der Waals surface area contributed by atoms with Gasteiger partial charge >= 0.3 is 0 Å². The number of piperidine rings is 1. The van der Waals surface area contributed by atoms with Gasteiger partial charge in [0.25, 0.3) is 0 Å². The Labute approximate surface area is 138 Å². The van der Waals surface area contributed by atoms with Crippen molar-refractivity contribution in [3.05, 3.63) is 53.3 Å². The van der Waals surface area contributed by atoms with Crippen molar-refractivity contribution < 1.29 is 4.74 Å². The molecule has 0 N–H and O–H groups in total. The van der Waals surface area contributed by atoms with Gasteiger partial charge in [-0.15, -0.1) is 0 Å². The second-order valence-corrected chi connectivity index (χ2v) is 6.68. The largest absolute Gasteiger partial charge is 0.370 e. The highest BCUT2D eigenvalue weighted by Crippen LogP contribution is 2.41. The summed E-state index contributed by atoms with van der Waals surface area (Å²) in [5.74, 6) is 0. The van der Waals surface area contributed by atoms with Crippen LogP contribution in [0.2, 0.25) is 0 Å². The topological polar surface area (TPSA) is 30.3 Å². The van der Waals surface area contributed by atoms with Gasteiger partial charge in [0.15, 0.2) is 0 Å². The van der Waals surface area contributed by atoms with Crippen LogP contribution in [0.1, 0.15) is 36.6 Å². The Bertz CT molecular complexity index is 657. The van der Waals surface area contributed by atoms with Crippen molar-refractivity contribution in [2.75, 3.05) is 19.7 Å². The summed E-state index contributed by atoms with van der Waals surface area (Å²) in [5.41, 5.74) is 4.06. The molecule has 0 radical (unpaired) electrons. The number of aryl methyl sites for hydroxylation is 1. The molecule has 2 aromatic rings. The average molecular weight is 311 g/mol. The lowest BCUT2D eigenvalue weighted by atomic mass is 9.82. The Morgan fingerprint density at radius 2 is 1.96 bits per heavy atom.